The number of nitrogens with one attached hydrogen (secondary N) is 1. The van der Waals surface area contributed by atoms with Crippen LogP contribution in [0.15, 0.2) is 112 Å². The number of carbonyl (C=O) groups is 1. The van der Waals surface area contributed by atoms with E-state index < -0.39 is 23.4 Å². The van der Waals surface area contributed by atoms with Crippen LogP contribution < -0.4 is 10.1 Å². The lowest BCUT2D eigenvalue weighted by molar-refractivity contribution is -0.129. The number of halogens is 2. The molecule has 2 N–H and O–H groups in total. The van der Waals surface area contributed by atoms with Crippen LogP contribution in [0, 0.1) is 5.82 Å². The van der Waals surface area contributed by atoms with Gasteiger partial charge in [-0.3, -0.25) is 4.79 Å². The van der Waals surface area contributed by atoms with Crippen molar-refractivity contribution in [1.82, 2.24) is 5.32 Å². The summed E-state index contributed by atoms with van der Waals surface area (Å²) >= 11 is 3.64. The predicted octanol–water partition coefficient (Wildman–Crippen LogP) is 6.98. The van der Waals surface area contributed by atoms with Gasteiger partial charge in [-0.1, -0.05) is 81.7 Å². The molecule has 1 aliphatic rings. The zero-order chi connectivity index (χ0) is 31.6. The molecule has 11 heteroatoms. The van der Waals surface area contributed by atoms with Crippen LogP contribution in [0.5, 0.6) is 5.75 Å². The summed E-state index contributed by atoms with van der Waals surface area (Å²) in [5.41, 5.74) is 10.6. The first kappa shape index (κ1) is 31.7. The first-order chi connectivity index (χ1) is 21.9. The van der Waals surface area contributed by atoms with Crippen molar-refractivity contribution in [3.05, 3.63) is 146 Å². The second kappa shape index (κ2) is 14.9. The fourth-order valence-corrected chi connectivity index (χ4v) is 5.69. The molecule has 0 saturated carbocycles. The van der Waals surface area contributed by atoms with Crippen LogP contribution in [0.25, 0.3) is 10.4 Å². The summed E-state index contributed by atoms with van der Waals surface area (Å²) in [6.07, 6.45) is -0.265. The number of benzene rings is 4. The summed E-state index contributed by atoms with van der Waals surface area (Å²) in [6.45, 7) is 0.444. The molecular formula is C34H31BrFN5O4. The zero-order valence-corrected chi connectivity index (χ0v) is 25.9. The highest BCUT2D eigenvalue weighted by Gasteiger charge is 2.54. The van der Waals surface area contributed by atoms with E-state index in [-0.39, 0.29) is 32.0 Å². The minimum absolute atomic E-state index is 0.0339. The molecule has 4 aromatic rings. The fourth-order valence-electron chi connectivity index (χ4n) is 5.20. The molecule has 1 amide bonds. The lowest BCUT2D eigenvalue weighted by atomic mass is 9.81. The Balaban J connectivity index is 1.61. The smallest absolute Gasteiger partial charge is 0.252 e. The summed E-state index contributed by atoms with van der Waals surface area (Å²) in [4.78, 5) is 22.4. The topological polar surface area (TPSA) is 129 Å². The van der Waals surface area contributed by atoms with Gasteiger partial charge in [0.15, 0.2) is 11.6 Å². The molecule has 0 radical (unpaired) electrons. The van der Waals surface area contributed by atoms with Crippen molar-refractivity contribution in [2.45, 2.75) is 37.6 Å². The maximum Gasteiger partial charge on any atom is 0.252 e. The Morgan fingerprint density at radius 1 is 1.02 bits per heavy atom. The molecule has 0 bridgehead atoms. The molecule has 5 rings (SSSR count). The summed E-state index contributed by atoms with van der Waals surface area (Å²) < 4.78 is 27.6. The standard InChI is InChI=1S/C34H31BrFN5O4/c35-29-12-5-4-11-28(29)31-34(20-24-8-1-2-9-25(24)22-39-41-37,33(43)38-21-26-10-3-6-13-30(26)36)40-32(45-31)23-14-16-27(17-15-23)44-19-7-18-42/h1-6,8-17,31,42H,7,18-22H2,(H,38,43)/t31-,34-/m1/s1. The maximum atomic E-state index is 14.6. The quantitative estimate of drug-likeness (QED) is 0.0688. The van der Waals surface area contributed by atoms with Gasteiger partial charge in [-0.05, 0) is 53.1 Å². The van der Waals surface area contributed by atoms with E-state index in [9.17, 15) is 9.18 Å². The lowest BCUT2D eigenvalue weighted by Gasteiger charge is -2.32. The largest absolute Gasteiger partial charge is 0.494 e. The third-order valence-corrected chi connectivity index (χ3v) is 8.22. The number of ether oxygens (including phenoxy) is 2. The molecular weight excluding hydrogens is 641 g/mol. The van der Waals surface area contributed by atoms with Gasteiger partial charge < -0.3 is 19.9 Å². The number of carbonyl (C=O) groups excluding carboxylic acids is 1. The van der Waals surface area contributed by atoms with E-state index in [0.29, 0.717) is 35.5 Å². The Kier molecular flexibility index (Phi) is 10.5. The van der Waals surface area contributed by atoms with Crippen LogP contribution in [0.4, 0.5) is 4.39 Å². The van der Waals surface area contributed by atoms with E-state index >= 15 is 0 Å². The van der Waals surface area contributed by atoms with Gasteiger partial charge in [-0.2, -0.15) is 0 Å². The zero-order valence-electron chi connectivity index (χ0n) is 24.3. The van der Waals surface area contributed by atoms with Crippen molar-refractivity contribution in [2.75, 3.05) is 13.2 Å². The monoisotopic (exact) mass is 671 g/mol. The molecule has 0 saturated heterocycles. The molecule has 0 spiro atoms. The molecule has 2 atom stereocenters. The third kappa shape index (κ3) is 7.34. The van der Waals surface area contributed by atoms with Crippen molar-refractivity contribution in [3.8, 4) is 5.75 Å². The van der Waals surface area contributed by atoms with Gasteiger partial charge in [0.05, 0.1) is 13.2 Å². The Labute approximate surface area is 268 Å². The average molecular weight is 673 g/mol. The Bertz CT molecular complexity index is 1730. The van der Waals surface area contributed by atoms with Gasteiger partial charge in [0.2, 0.25) is 5.90 Å². The van der Waals surface area contributed by atoms with Gasteiger partial charge in [0.25, 0.3) is 5.91 Å². The van der Waals surface area contributed by atoms with Gasteiger partial charge in [0, 0.05) is 52.1 Å². The number of azide groups is 1. The van der Waals surface area contributed by atoms with E-state index in [1.807, 2.05) is 48.5 Å². The van der Waals surface area contributed by atoms with Gasteiger partial charge in [-0.15, -0.1) is 0 Å². The molecule has 0 unspecified atom stereocenters. The molecule has 1 aliphatic heterocycles. The number of aliphatic hydroxyl groups is 1. The average Bonchev–Trinajstić information content (AvgIpc) is 3.44. The molecule has 0 aromatic heterocycles. The Hall–Kier alpha value is -4.70. The van der Waals surface area contributed by atoms with Crippen LogP contribution in [0.3, 0.4) is 0 Å². The Morgan fingerprint density at radius 2 is 1.71 bits per heavy atom. The molecule has 0 fully saturated rings. The summed E-state index contributed by atoms with van der Waals surface area (Å²) in [6, 6.07) is 28.3. The predicted molar refractivity (Wildman–Crippen MR) is 172 cm³/mol. The highest BCUT2D eigenvalue weighted by molar-refractivity contribution is 9.10. The normalized spacial score (nSPS) is 17.1. The van der Waals surface area contributed by atoms with E-state index in [0.717, 1.165) is 15.6 Å². The number of hydrogen-bond acceptors (Lipinski definition) is 6. The van der Waals surface area contributed by atoms with Crippen LogP contribution in [0.2, 0.25) is 0 Å². The molecule has 1 heterocycles. The van der Waals surface area contributed by atoms with E-state index in [1.165, 1.54) is 6.07 Å². The first-order valence-corrected chi connectivity index (χ1v) is 15.2. The lowest BCUT2D eigenvalue weighted by Crippen LogP contribution is -2.50. The minimum Gasteiger partial charge on any atom is -0.494 e. The van der Waals surface area contributed by atoms with Gasteiger partial charge in [-0.25, -0.2) is 9.38 Å². The molecule has 9 nitrogen and oxygen atoms in total. The van der Waals surface area contributed by atoms with Gasteiger partial charge in [0.1, 0.15) is 11.6 Å². The molecule has 0 aliphatic carbocycles. The SMILES string of the molecule is [N-]=[N+]=NCc1ccccc1C[C@@]1(C(=O)NCc2ccccc2F)N=C(c2ccc(OCCCO)cc2)O[C@@H]1c1ccccc1Br. The number of rotatable bonds is 13. The van der Waals surface area contributed by atoms with Gasteiger partial charge >= 0.3 is 0 Å². The summed E-state index contributed by atoms with van der Waals surface area (Å²) in [5, 5.41) is 15.7. The number of aliphatic hydroxyl groups excluding tert-OH is 1. The van der Waals surface area contributed by atoms with Crippen molar-refractivity contribution < 1.29 is 23.8 Å². The first-order valence-electron chi connectivity index (χ1n) is 14.4. The van der Waals surface area contributed by atoms with Crippen molar-refractivity contribution in [3.63, 3.8) is 0 Å². The maximum absolute atomic E-state index is 14.6. The summed E-state index contributed by atoms with van der Waals surface area (Å²) in [5.74, 6) is -0.00799. The van der Waals surface area contributed by atoms with Crippen LogP contribution >= 0.6 is 15.9 Å². The van der Waals surface area contributed by atoms with Crippen LogP contribution in [-0.2, 0) is 29.0 Å². The number of amides is 1. The highest BCUT2D eigenvalue weighted by atomic mass is 79.9. The number of hydrogen-bond donors (Lipinski definition) is 2. The second-order valence-corrected chi connectivity index (χ2v) is 11.3. The molecule has 230 valence electrons. The van der Waals surface area contributed by atoms with Crippen LogP contribution in [-0.4, -0.2) is 35.7 Å². The summed E-state index contributed by atoms with van der Waals surface area (Å²) in [7, 11) is 0. The number of aliphatic imine (C=N–C) groups is 1. The molecule has 45 heavy (non-hydrogen) atoms. The molecule has 4 aromatic carbocycles. The fraction of sp³-hybridized carbons (Fsp3) is 0.235. The van der Waals surface area contributed by atoms with Crippen LogP contribution in [0.1, 0.15) is 40.3 Å². The number of nitrogens with zero attached hydrogens (tertiary/aromatic N) is 4. The highest BCUT2D eigenvalue weighted by Crippen LogP contribution is 2.45. The van der Waals surface area contributed by atoms with Crippen molar-refractivity contribution in [1.29, 1.82) is 0 Å². The van der Waals surface area contributed by atoms with E-state index in [2.05, 4.69) is 31.3 Å². The minimum atomic E-state index is -1.53. The third-order valence-electron chi connectivity index (χ3n) is 7.50. The van der Waals surface area contributed by atoms with Crippen molar-refractivity contribution in [2.24, 2.45) is 10.1 Å². The van der Waals surface area contributed by atoms with E-state index in [1.54, 1.807) is 42.5 Å². The Morgan fingerprint density at radius 3 is 2.42 bits per heavy atom. The second-order valence-electron chi connectivity index (χ2n) is 10.4. The van der Waals surface area contributed by atoms with Crippen molar-refractivity contribution >= 4 is 27.7 Å². The van der Waals surface area contributed by atoms with E-state index in [4.69, 9.17) is 25.1 Å².